The van der Waals surface area contributed by atoms with Gasteiger partial charge in [-0.25, -0.2) is 4.39 Å². The zero-order valence-corrected chi connectivity index (χ0v) is 17.7. The third kappa shape index (κ3) is 4.65. The van der Waals surface area contributed by atoms with Crippen molar-refractivity contribution in [2.45, 2.75) is 19.6 Å². The van der Waals surface area contributed by atoms with E-state index in [0.29, 0.717) is 39.1 Å². The number of hydrogen-bond donors (Lipinski definition) is 2. The molecule has 0 aliphatic carbocycles. The largest absolute Gasteiger partial charge is 0.497 e. The lowest BCUT2D eigenvalue weighted by Crippen LogP contribution is -2.05. The number of nitrogens with two attached hydrogens (primary N) is 1. The quantitative estimate of drug-likeness (QED) is 0.388. The molecule has 33 heavy (non-hydrogen) atoms. The van der Waals surface area contributed by atoms with Gasteiger partial charge in [-0.2, -0.15) is 4.39 Å². The Hall–Kier alpha value is -3.91. The van der Waals surface area contributed by atoms with E-state index in [9.17, 15) is 14.3 Å². The molecule has 1 heterocycles. The van der Waals surface area contributed by atoms with Crippen LogP contribution in [-0.2, 0) is 24.4 Å². The van der Waals surface area contributed by atoms with Crippen LogP contribution in [0.2, 0.25) is 0 Å². The van der Waals surface area contributed by atoms with Crippen LogP contribution >= 0.6 is 0 Å². The maximum absolute atomic E-state index is 15.0. The van der Waals surface area contributed by atoms with Gasteiger partial charge in [0.25, 0.3) is 6.01 Å². The Balaban J connectivity index is 1.74. The molecule has 0 radical (unpaired) electrons. The molecule has 0 spiro atoms. The SMILES string of the molecule is COc1ccc(CC(=O)O)c(OCc2cc(-c3cccc(CN)c3F)c3oc(F)cc3c2)c1. The second kappa shape index (κ2) is 9.30. The van der Waals surface area contributed by atoms with Gasteiger partial charge in [0.1, 0.15) is 29.5 Å². The molecule has 0 aliphatic heterocycles. The van der Waals surface area contributed by atoms with Gasteiger partial charge in [0.15, 0.2) is 0 Å². The molecule has 0 aliphatic rings. The normalized spacial score (nSPS) is 11.0. The van der Waals surface area contributed by atoms with Crippen LogP contribution in [0.3, 0.4) is 0 Å². The summed E-state index contributed by atoms with van der Waals surface area (Å²) < 4.78 is 45.3. The molecule has 4 rings (SSSR count). The highest BCUT2D eigenvalue weighted by Crippen LogP contribution is 2.35. The number of hydrogen-bond acceptors (Lipinski definition) is 5. The Bertz CT molecular complexity index is 1330. The number of carboxylic acids is 1. The molecule has 170 valence electrons. The Morgan fingerprint density at radius 3 is 2.61 bits per heavy atom. The Morgan fingerprint density at radius 2 is 1.88 bits per heavy atom. The number of rotatable bonds is 8. The van der Waals surface area contributed by atoms with Crippen molar-refractivity contribution in [3.8, 4) is 22.6 Å². The number of aliphatic carboxylic acids is 1. The van der Waals surface area contributed by atoms with Gasteiger partial charge in [-0.3, -0.25) is 4.79 Å². The van der Waals surface area contributed by atoms with Crippen LogP contribution in [0.5, 0.6) is 11.5 Å². The average molecular weight is 453 g/mol. The molecule has 0 fully saturated rings. The summed E-state index contributed by atoms with van der Waals surface area (Å²) in [4.78, 5) is 11.2. The van der Waals surface area contributed by atoms with E-state index in [4.69, 9.17) is 19.6 Å². The molecule has 0 unspecified atom stereocenters. The van der Waals surface area contributed by atoms with Gasteiger partial charge in [0.2, 0.25) is 0 Å². The number of furan rings is 1. The van der Waals surface area contributed by atoms with Crippen molar-refractivity contribution in [3.63, 3.8) is 0 Å². The average Bonchev–Trinajstić information content (AvgIpc) is 3.18. The lowest BCUT2D eigenvalue weighted by Gasteiger charge is -2.14. The zero-order valence-electron chi connectivity index (χ0n) is 17.7. The van der Waals surface area contributed by atoms with Gasteiger partial charge in [-0.1, -0.05) is 24.3 Å². The predicted molar refractivity (Wildman–Crippen MR) is 118 cm³/mol. The van der Waals surface area contributed by atoms with Crippen LogP contribution in [0, 0.1) is 11.8 Å². The summed E-state index contributed by atoms with van der Waals surface area (Å²) in [5, 5.41) is 9.62. The predicted octanol–water partition coefficient (Wildman–Crippen LogP) is 5.05. The minimum atomic E-state index is -1.00. The van der Waals surface area contributed by atoms with Crippen molar-refractivity contribution in [2.24, 2.45) is 5.73 Å². The number of fused-ring (bicyclic) bond motifs is 1. The van der Waals surface area contributed by atoms with Gasteiger partial charge in [-0.05, 0) is 23.8 Å². The first kappa shape index (κ1) is 22.3. The molecule has 8 heteroatoms. The summed E-state index contributed by atoms with van der Waals surface area (Å²) in [5.74, 6) is -0.661. The number of ether oxygens (including phenoxy) is 2. The van der Waals surface area contributed by atoms with E-state index in [1.807, 2.05) is 0 Å². The maximum atomic E-state index is 15.0. The molecule has 0 amide bonds. The molecule has 3 aromatic carbocycles. The topological polar surface area (TPSA) is 94.9 Å². The standard InChI is InChI=1S/C25H21F2NO5/c1-31-18-6-5-15(10-23(29)30)21(11-18)32-13-14-7-17-9-22(26)33-25(17)20(8-14)19-4-2-3-16(12-28)24(19)27/h2-9,11H,10,12-13,28H2,1H3,(H,29,30). The van der Waals surface area contributed by atoms with Gasteiger partial charge in [0, 0.05) is 46.3 Å². The first-order chi connectivity index (χ1) is 15.9. The monoisotopic (exact) mass is 453 g/mol. The highest BCUT2D eigenvalue weighted by Gasteiger charge is 2.18. The van der Waals surface area contributed by atoms with Crippen LogP contribution < -0.4 is 15.2 Å². The van der Waals surface area contributed by atoms with E-state index >= 15 is 4.39 Å². The summed E-state index contributed by atoms with van der Waals surface area (Å²) in [6.07, 6.45) is -0.229. The van der Waals surface area contributed by atoms with Crippen molar-refractivity contribution in [3.05, 3.63) is 83.1 Å². The first-order valence-corrected chi connectivity index (χ1v) is 10.1. The maximum Gasteiger partial charge on any atom is 0.307 e. The van der Waals surface area contributed by atoms with E-state index in [1.54, 1.807) is 48.5 Å². The van der Waals surface area contributed by atoms with Gasteiger partial charge in [0.05, 0.1) is 13.5 Å². The second-order valence-corrected chi connectivity index (χ2v) is 7.43. The summed E-state index contributed by atoms with van der Waals surface area (Å²) in [7, 11) is 1.49. The van der Waals surface area contributed by atoms with Crippen LogP contribution in [0.15, 0.2) is 59.0 Å². The lowest BCUT2D eigenvalue weighted by molar-refractivity contribution is -0.136. The number of halogens is 2. The molecule has 4 aromatic rings. The molecule has 3 N–H and O–H groups in total. The zero-order chi connectivity index (χ0) is 23.5. The van der Waals surface area contributed by atoms with Crippen molar-refractivity contribution < 1.29 is 32.6 Å². The Labute approximate surface area is 188 Å². The lowest BCUT2D eigenvalue weighted by atomic mass is 9.98. The third-order valence-corrected chi connectivity index (χ3v) is 5.25. The van der Waals surface area contributed by atoms with Crippen molar-refractivity contribution >= 4 is 16.9 Å². The fraction of sp³-hybridized carbons (Fsp3) is 0.160. The van der Waals surface area contributed by atoms with Crippen molar-refractivity contribution in [2.75, 3.05) is 7.11 Å². The van der Waals surface area contributed by atoms with Crippen LogP contribution in [0.1, 0.15) is 16.7 Å². The highest BCUT2D eigenvalue weighted by molar-refractivity contribution is 5.93. The van der Waals surface area contributed by atoms with Crippen LogP contribution in [0.25, 0.3) is 22.1 Å². The minimum absolute atomic E-state index is 0.0142. The van der Waals surface area contributed by atoms with E-state index < -0.39 is 17.8 Å². The van der Waals surface area contributed by atoms with Crippen LogP contribution in [0.4, 0.5) is 8.78 Å². The molecule has 0 saturated carbocycles. The summed E-state index contributed by atoms with van der Waals surface area (Å²) >= 11 is 0. The third-order valence-electron chi connectivity index (χ3n) is 5.25. The number of methoxy groups -OCH3 is 1. The molecular weight excluding hydrogens is 432 g/mol. The fourth-order valence-electron chi connectivity index (χ4n) is 3.68. The smallest absolute Gasteiger partial charge is 0.307 e. The van der Waals surface area contributed by atoms with Crippen molar-refractivity contribution in [1.29, 1.82) is 0 Å². The summed E-state index contributed by atoms with van der Waals surface area (Å²) in [6, 6.07) is 13.4. The van der Waals surface area contributed by atoms with E-state index in [1.165, 1.54) is 13.2 Å². The number of carboxylic acid groups (broad SMARTS) is 1. The Morgan fingerprint density at radius 1 is 1.06 bits per heavy atom. The van der Waals surface area contributed by atoms with Gasteiger partial charge in [-0.15, -0.1) is 0 Å². The molecule has 0 atom stereocenters. The second-order valence-electron chi connectivity index (χ2n) is 7.43. The van der Waals surface area contributed by atoms with Crippen LogP contribution in [-0.4, -0.2) is 18.2 Å². The number of carbonyl (C=O) groups is 1. The Kier molecular flexibility index (Phi) is 6.28. The first-order valence-electron chi connectivity index (χ1n) is 10.1. The van der Waals surface area contributed by atoms with E-state index in [-0.39, 0.29) is 30.7 Å². The summed E-state index contributed by atoms with van der Waals surface area (Å²) in [5.41, 5.74) is 7.84. The summed E-state index contributed by atoms with van der Waals surface area (Å²) in [6.45, 7) is 0.0358. The highest BCUT2D eigenvalue weighted by atomic mass is 19.1. The molecule has 0 bridgehead atoms. The van der Waals surface area contributed by atoms with E-state index in [0.717, 1.165) is 0 Å². The number of benzene rings is 3. The molecule has 0 saturated heterocycles. The van der Waals surface area contributed by atoms with Crippen molar-refractivity contribution in [1.82, 2.24) is 0 Å². The molecule has 1 aromatic heterocycles. The minimum Gasteiger partial charge on any atom is -0.497 e. The van der Waals surface area contributed by atoms with Gasteiger partial charge >= 0.3 is 5.97 Å². The molecule has 6 nitrogen and oxygen atoms in total. The van der Waals surface area contributed by atoms with Gasteiger partial charge < -0.3 is 24.7 Å². The van der Waals surface area contributed by atoms with E-state index in [2.05, 4.69) is 0 Å². The fourth-order valence-corrected chi connectivity index (χ4v) is 3.68. The molecular formula is C25H21F2NO5.